The minimum atomic E-state index is -0.695. The van der Waals surface area contributed by atoms with Crippen LogP contribution in [0.2, 0.25) is 0 Å². The van der Waals surface area contributed by atoms with Gasteiger partial charge in [0.25, 0.3) is 0 Å². The van der Waals surface area contributed by atoms with Crippen molar-refractivity contribution in [2.24, 2.45) is 5.92 Å². The van der Waals surface area contributed by atoms with E-state index in [1.807, 2.05) is 0 Å². The van der Waals surface area contributed by atoms with E-state index in [-0.39, 0.29) is 6.42 Å². The maximum atomic E-state index is 10.4. The molecule has 0 aliphatic carbocycles. The average molecular weight is 421 g/mol. The number of carbonyl (C=O) groups is 1. The van der Waals surface area contributed by atoms with E-state index in [9.17, 15) is 4.79 Å². The molecule has 0 aromatic rings. The van der Waals surface area contributed by atoms with Crippen molar-refractivity contribution < 1.29 is 9.90 Å². The Morgan fingerprint density at radius 3 is 1.50 bits per heavy atom. The second-order valence-electron chi connectivity index (χ2n) is 9.14. The minimum Gasteiger partial charge on any atom is -0.481 e. The van der Waals surface area contributed by atoms with Crippen molar-refractivity contribution >= 4 is 5.97 Å². The summed E-state index contributed by atoms with van der Waals surface area (Å²) in [4.78, 5) is 10.4. The van der Waals surface area contributed by atoms with E-state index in [0.29, 0.717) is 0 Å². The van der Waals surface area contributed by atoms with Crippen LogP contribution in [0, 0.1) is 5.92 Å². The molecule has 0 saturated carbocycles. The molecule has 1 N–H and O–H groups in total. The molecular weight excluding hydrogens is 368 g/mol. The Kier molecular flexibility index (Phi) is 23.4. The van der Waals surface area contributed by atoms with Crippen LogP contribution in [-0.4, -0.2) is 11.1 Å². The molecule has 30 heavy (non-hydrogen) atoms. The van der Waals surface area contributed by atoms with Gasteiger partial charge in [-0.15, -0.1) is 0 Å². The first-order valence-corrected chi connectivity index (χ1v) is 13.2. The second-order valence-corrected chi connectivity index (χ2v) is 9.14. The van der Waals surface area contributed by atoms with Gasteiger partial charge in [-0.3, -0.25) is 4.79 Å². The van der Waals surface area contributed by atoms with E-state index in [1.165, 1.54) is 96.3 Å². The fourth-order valence-corrected chi connectivity index (χ4v) is 3.76. The molecule has 176 valence electrons. The van der Waals surface area contributed by atoms with Crippen LogP contribution in [0.4, 0.5) is 0 Å². The van der Waals surface area contributed by atoms with E-state index < -0.39 is 5.97 Å². The number of aliphatic carboxylic acids is 1. The molecule has 0 fully saturated rings. The Morgan fingerprint density at radius 2 is 1.03 bits per heavy atom. The topological polar surface area (TPSA) is 37.3 Å². The minimum absolute atomic E-state index is 0.281. The Balaban J connectivity index is 3.16. The first kappa shape index (κ1) is 28.9. The molecule has 0 rings (SSSR count). The average Bonchev–Trinajstić information content (AvgIpc) is 2.73. The third-order valence-corrected chi connectivity index (χ3v) is 6.11. The van der Waals surface area contributed by atoms with Crippen LogP contribution in [0.15, 0.2) is 24.3 Å². The second kappa shape index (κ2) is 24.2. The predicted octanol–water partition coefficient (Wildman–Crippen LogP) is 9.64. The third kappa shape index (κ3) is 25.0. The fraction of sp³-hybridized carbons (Fsp3) is 0.821. The number of rotatable bonds is 23. The van der Waals surface area contributed by atoms with Crippen molar-refractivity contribution in [1.82, 2.24) is 0 Å². The number of hydrogen-bond acceptors (Lipinski definition) is 1. The number of carboxylic acid groups (broad SMARTS) is 1. The third-order valence-electron chi connectivity index (χ3n) is 6.11. The molecule has 1 atom stereocenters. The van der Waals surface area contributed by atoms with Crippen LogP contribution in [0.25, 0.3) is 0 Å². The first-order valence-electron chi connectivity index (χ1n) is 13.2. The maximum absolute atomic E-state index is 10.4. The van der Waals surface area contributed by atoms with E-state index >= 15 is 0 Å². The maximum Gasteiger partial charge on any atom is 0.303 e. The standard InChI is InChI=1S/C28H52O2/c1-3-27(2)25-23-21-19-17-15-13-11-9-7-5-4-6-8-10-12-14-16-18-20-22-24-26-28(29)30/h10,12,18,20,27H,3-9,11,13-17,19,21-26H2,1-2H3,(H,29,30)/b12-10+,20-18+. The summed E-state index contributed by atoms with van der Waals surface area (Å²) in [5, 5.41) is 8.56. The lowest BCUT2D eigenvalue weighted by atomic mass is 9.99. The lowest BCUT2D eigenvalue weighted by Crippen LogP contribution is -1.92. The van der Waals surface area contributed by atoms with Gasteiger partial charge in [-0.25, -0.2) is 0 Å². The number of hydrogen-bond donors (Lipinski definition) is 1. The molecule has 0 saturated heterocycles. The quantitative estimate of drug-likeness (QED) is 0.132. The van der Waals surface area contributed by atoms with Gasteiger partial charge in [-0.2, -0.15) is 0 Å². The molecule has 0 amide bonds. The monoisotopic (exact) mass is 420 g/mol. The summed E-state index contributed by atoms with van der Waals surface area (Å²) in [6.07, 6.45) is 34.1. The zero-order chi connectivity index (χ0) is 22.1. The van der Waals surface area contributed by atoms with Gasteiger partial charge in [0.05, 0.1) is 0 Å². The SMILES string of the molecule is CCC(C)CCCCCCCCCCCCCC/C=C/CC/C=C/CCCC(=O)O. The van der Waals surface area contributed by atoms with Gasteiger partial charge in [-0.1, -0.05) is 122 Å². The van der Waals surface area contributed by atoms with Gasteiger partial charge in [0.15, 0.2) is 0 Å². The summed E-state index contributed by atoms with van der Waals surface area (Å²) in [5.74, 6) is 0.234. The van der Waals surface area contributed by atoms with Crippen LogP contribution in [0.5, 0.6) is 0 Å². The first-order chi connectivity index (χ1) is 14.7. The van der Waals surface area contributed by atoms with Crippen molar-refractivity contribution in [3.8, 4) is 0 Å². The molecule has 0 radical (unpaired) electrons. The van der Waals surface area contributed by atoms with Gasteiger partial charge in [0, 0.05) is 6.42 Å². The summed E-state index contributed by atoms with van der Waals surface area (Å²) in [6.45, 7) is 4.69. The number of carboxylic acids is 1. The van der Waals surface area contributed by atoms with Crippen molar-refractivity contribution in [2.45, 2.75) is 142 Å². The highest BCUT2D eigenvalue weighted by Gasteiger charge is 1.98. The molecule has 0 spiro atoms. The smallest absolute Gasteiger partial charge is 0.303 e. The van der Waals surface area contributed by atoms with Crippen molar-refractivity contribution in [1.29, 1.82) is 0 Å². The molecule has 0 aromatic carbocycles. The van der Waals surface area contributed by atoms with Crippen LogP contribution >= 0.6 is 0 Å². The molecule has 2 heteroatoms. The molecule has 0 aliphatic rings. The summed E-state index contributed by atoms with van der Waals surface area (Å²) >= 11 is 0. The number of allylic oxidation sites excluding steroid dienone is 4. The van der Waals surface area contributed by atoms with Crippen LogP contribution < -0.4 is 0 Å². The highest BCUT2D eigenvalue weighted by Crippen LogP contribution is 2.15. The van der Waals surface area contributed by atoms with Gasteiger partial charge in [0.1, 0.15) is 0 Å². The van der Waals surface area contributed by atoms with E-state index in [1.54, 1.807) is 0 Å². The molecule has 0 bridgehead atoms. The van der Waals surface area contributed by atoms with Crippen molar-refractivity contribution in [2.75, 3.05) is 0 Å². The summed E-state index contributed by atoms with van der Waals surface area (Å²) < 4.78 is 0. The summed E-state index contributed by atoms with van der Waals surface area (Å²) in [6, 6.07) is 0. The number of unbranched alkanes of at least 4 members (excludes halogenated alkanes) is 14. The lowest BCUT2D eigenvalue weighted by Gasteiger charge is -2.07. The molecule has 0 heterocycles. The summed E-state index contributed by atoms with van der Waals surface area (Å²) in [7, 11) is 0. The van der Waals surface area contributed by atoms with E-state index in [0.717, 1.165) is 31.6 Å². The van der Waals surface area contributed by atoms with Crippen molar-refractivity contribution in [3.05, 3.63) is 24.3 Å². The largest absolute Gasteiger partial charge is 0.481 e. The van der Waals surface area contributed by atoms with Gasteiger partial charge < -0.3 is 5.11 Å². The highest BCUT2D eigenvalue weighted by atomic mass is 16.4. The Labute approximate surface area is 188 Å². The Morgan fingerprint density at radius 1 is 0.633 bits per heavy atom. The zero-order valence-electron chi connectivity index (χ0n) is 20.4. The predicted molar refractivity (Wildman–Crippen MR) is 133 cm³/mol. The zero-order valence-corrected chi connectivity index (χ0v) is 20.4. The van der Waals surface area contributed by atoms with Gasteiger partial charge in [0.2, 0.25) is 0 Å². The van der Waals surface area contributed by atoms with Crippen LogP contribution in [0.3, 0.4) is 0 Å². The Hall–Kier alpha value is -1.05. The molecular formula is C28H52O2. The van der Waals surface area contributed by atoms with Gasteiger partial charge >= 0.3 is 5.97 Å². The Bertz CT molecular complexity index is 411. The van der Waals surface area contributed by atoms with Crippen molar-refractivity contribution in [3.63, 3.8) is 0 Å². The normalized spacial score (nSPS) is 12.9. The lowest BCUT2D eigenvalue weighted by molar-refractivity contribution is -0.137. The molecule has 2 nitrogen and oxygen atoms in total. The molecule has 1 unspecified atom stereocenters. The van der Waals surface area contributed by atoms with Crippen LogP contribution in [-0.2, 0) is 4.79 Å². The fourth-order valence-electron chi connectivity index (χ4n) is 3.76. The molecule has 0 aromatic heterocycles. The highest BCUT2D eigenvalue weighted by molar-refractivity contribution is 5.66. The summed E-state index contributed by atoms with van der Waals surface area (Å²) in [5.41, 5.74) is 0. The van der Waals surface area contributed by atoms with Gasteiger partial charge in [-0.05, 0) is 44.4 Å². The van der Waals surface area contributed by atoms with E-state index in [4.69, 9.17) is 5.11 Å². The molecule has 0 aliphatic heterocycles. The van der Waals surface area contributed by atoms with E-state index in [2.05, 4.69) is 38.2 Å². The van der Waals surface area contributed by atoms with Crippen LogP contribution in [0.1, 0.15) is 142 Å².